The molecule has 1 amide bonds. The van der Waals surface area contributed by atoms with Gasteiger partial charge in [0.1, 0.15) is 0 Å². The maximum atomic E-state index is 11.1. The van der Waals surface area contributed by atoms with Crippen LogP contribution in [0.5, 0.6) is 0 Å². The minimum Gasteiger partial charge on any atom is -0.326 e. The van der Waals surface area contributed by atoms with Gasteiger partial charge in [-0.2, -0.15) is 4.98 Å². The third-order valence-corrected chi connectivity index (χ3v) is 4.21. The molecule has 0 radical (unpaired) electrons. The fraction of sp³-hybridized carbons (Fsp3) is 0.0500. The quantitative estimate of drug-likeness (QED) is 0.538. The first-order valence-electron chi connectivity index (χ1n) is 8.35. The van der Waals surface area contributed by atoms with Gasteiger partial charge in [0.2, 0.25) is 11.9 Å². The van der Waals surface area contributed by atoms with E-state index in [9.17, 15) is 4.79 Å². The number of halogens is 1. The predicted octanol–water partition coefficient (Wildman–Crippen LogP) is 4.75. The van der Waals surface area contributed by atoms with Crippen molar-refractivity contribution in [3.8, 4) is 11.3 Å². The van der Waals surface area contributed by atoms with Crippen molar-refractivity contribution in [2.24, 2.45) is 0 Å². The highest BCUT2D eigenvalue weighted by Gasteiger charge is 2.09. The van der Waals surface area contributed by atoms with Crippen molar-refractivity contribution in [3.05, 3.63) is 71.8 Å². The maximum absolute atomic E-state index is 11.1. The molecule has 0 aliphatic heterocycles. The zero-order valence-corrected chi connectivity index (χ0v) is 15.2. The number of amides is 1. The summed E-state index contributed by atoms with van der Waals surface area (Å²) in [6.45, 7) is 1.48. The van der Waals surface area contributed by atoms with Crippen molar-refractivity contribution in [1.82, 2.24) is 14.6 Å². The Hall–Kier alpha value is -3.38. The zero-order chi connectivity index (χ0) is 18.8. The third kappa shape index (κ3) is 3.75. The summed E-state index contributed by atoms with van der Waals surface area (Å²) in [4.78, 5) is 15.6. The van der Waals surface area contributed by atoms with Crippen LogP contribution < -0.4 is 10.6 Å². The van der Waals surface area contributed by atoms with E-state index in [2.05, 4.69) is 20.7 Å². The molecule has 4 rings (SSSR count). The number of nitrogens with one attached hydrogen (secondary N) is 2. The van der Waals surface area contributed by atoms with E-state index in [1.54, 1.807) is 4.52 Å². The first-order chi connectivity index (χ1) is 13.1. The van der Waals surface area contributed by atoms with E-state index < -0.39 is 0 Å². The van der Waals surface area contributed by atoms with Gasteiger partial charge in [-0.3, -0.25) is 4.79 Å². The number of benzene rings is 2. The second-order valence-electron chi connectivity index (χ2n) is 6.01. The van der Waals surface area contributed by atoms with Crippen LogP contribution >= 0.6 is 11.6 Å². The number of pyridine rings is 1. The molecule has 27 heavy (non-hydrogen) atoms. The molecular weight excluding hydrogens is 362 g/mol. The highest BCUT2D eigenvalue weighted by Crippen LogP contribution is 2.24. The minimum absolute atomic E-state index is 0.104. The summed E-state index contributed by atoms with van der Waals surface area (Å²) in [5.41, 5.74) is 4.22. The van der Waals surface area contributed by atoms with Gasteiger partial charge in [0.25, 0.3) is 0 Å². The Kier molecular flexibility index (Phi) is 4.48. The van der Waals surface area contributed by atoms with Crippen LogP contribution in [0.15, 0.2) is 66.7 Å². The summed E-state index contributed by atoms with van der Waals surface area (Å²) in [6.07, 6.45) is 0. The topological polar surface area (TPSA) is 71.3 Å². The van der Waals surface area contributed by atoms with Crippen molar-refractivity contribution in [2.75, 3.05) is 10.6 Å². The van der Waals surface area contributed by atoms with Gasteiger partial charge in [-0.1, -0.05) is 29.8 Å². The molecule has 0 saturated heterocycles. The van der Waals surface area contributed by atoms with Crippen molar-refractivity contribution in [3.63, 3.8) is 0 Å². The van der Waals surface area contributed by atoms with Crippen LogP contribution in [0.25, 0.3) is 16.9 Å². The number of hydrogen-bond acceptors (Lipinski definition) is 4. The number of carbonyl (C=O) groups is 1. The van der Waals surface area contributed by atoms with Crippen LogP contribution in [0.1, 0.15) is 6.92 Å². The summed E-state index contributed by atoms with van der Waals surface area (Å²) < 4.78 is 1.79. The number of anilines is 3. The van der Waals surface area contributed by atoms with E-state index in [1.807, 2.05) is 66.7 Å². The molecule has 0 aliphatic carbocycles. The molecule has 0 aliphatic rings. The monoisotopic (exact) mass is 377 g/mol. The Morgan fingerprint density at radius 1 is 0.963 bits per heavy atom. The summed E-state index contributed by atoms with van der Waals surface area (Å²) in [6, 6.07) is 20.8. The lowest BCUT2D eigenvalue weighted by Gasteiger charge is -2.05. The first-order valence-corrected chi connectivity index (χ1v) is 8.73. The standard InChI is InChI=1S/C20H16ClN5O/c1-13(27)22-16-9-11-17(12-10-16)23-20-24-19-4-2-3-18(26(19)25-20)14-5-7-15(21)8-6-14/h2-12H,1H3,(H,22,27)(H,23,25). The Morgan fingerprint density at radius 2 is 1.67 bits per heavy atom. The van der Waals surface area contributed by atoms with E-state index in [4.69, 9.17) is 11.6 Å². The van der Waals surface area contributed by atoms with Crippen LogP contribution in [0.3, 0.4) is 0 Å². The molecule has 6 nitrogen and oxygen atoms in total. The van der Waals surface area contributed by atoms with Crippen LogP contribution in [-0.4, -0.2) is 20.5 Å². The Morgan fingerprint density at radius 3 is 2.37 bits per heavy atom. The molecule has 2 aromatic heterocycles. The molecule has 0 bridgehead atoms. The fourth-order valence-corrected chi connectivity index (χ4v) is 2.89. The smallest absolute Gasteiger partial charge is 0.247 e. The van der Waals surface area contributed by atoms with Gasteiger partial charge in [0.15, 0.2) is 5.65 Å². The van der Waals surface area contributed by atoms with Crippen LogP contribution in [0.4, 0.5) is 17.3 Å². The number of carbonyl (C=O) groups excluding carboxylic acids is 1. The predicted molar refractivity (Wildman–Crippen MR) is 107 cm³/mol. The molecule has 0 fully saturated rings. The highest BCUT2D eigenvalue weighted by molar-refractivity contribution is 6.30. The van der Waals surface area contributed by atoms with Crippen molar-refractivity contribution < 1.29 is 4.79 Å². The molecule has 2 heterocycles. The molecule has 4 aromatic rings. The molecule has 7 heteroatoms. The van der Waals surface area contributed by atoms with Gasteiger partial charge in [0.05, 0.1) is 5.69 Å². The van der Waals surface area contributed by atoms with E-state index in [-0.39, 0.29) is 5.91 Å². The molecule has 0 unspecified atom stereocenters. The maximum Gasteiger partial charge on any atom is 0.247 e. The molecule has 2 aromatic carbocycles. The van der Waals surface area contributed by atoms with E-state index in [0.29, 0.717) is 11.0 Å². The normalized spacial score (nSPS) is 10.7. The van der Waals surface area contributed by atoms with Crippen LogP contribution in [-0.2, 0) is 4.79 Å². The van der Waals surface area contributed by atoms with Crippen molar-refractivity contribution >= 4 is 40.5 Å². The number of aromatic nitrogens is 3. The Balaban J connectivity index is 1.63. The first kappa shape index (κ1) is 17.1. The van der Waals surface area contributed by atoms with Gasteiger partial charge < -0.3 is 10.6 Å². The molecule has 0 spiro atoms. The van der Waals surface area contributed by atoms with Gasteiger partial charge in [0, 0.05) is 28.9 Å². The largest absolute Gasteiger partial charge is 0.326 e. The van der Waals surface area contributed by atoms with Crippen molar-refractivity contribution in [1.29, 1.82) is 0 Å². The average molecular weight is 378 g/mol. The molecule has 0 atom stereocenters. The van der Waals surface area contributed by atoms with E-state index >= 15 is 0 Å². The Bertz CT molecular complexity index is 1100. The molecular formula is C20H16ClN5O. The van der Waals surface area contributed by atoms with Crippen LogP contribution in [0.2, 0.25) is 5.02 Å². The number of nitrogens with zero attached hydrogens (tertiary/aromatic N) is 3. The lowest BCUT2D eigenvalue weighted by molar-refractivity contribution is -0.114. The average Bonchev–Trinajstić information content (AvgIpc) is 3.06. The summed E-state index contributed by atoms with van der Waals surface area (Å²) in [7, 11) is 0. The SMILES string of the molecule is CC(=O)Nc1ccc(Nc2nc3cccc(-c4ccc(Cl)cc4)n3n2)cc1. The van der Waals surface area contributed by atoms with Crippen LogP contribution in [0, 0.1) is 0 Å². The summed E-state index contributed by atoms with van der Waals surface area (Å²) >= 11 is 5.98. The van der Waals surface area contributed by atoms with Gasteiger partial charge in [-0.15, -0.1) is 5.10 Å². The van der Waals surface area contributed by atoms with Gasteiger partial charge >= 0.3 is 0 Å². The third-order valence-electron chi connectivity index (χ3n) is 3.96. The lowest BCUT2D eigenvalue weighted by atomic mass is 10.1. The lowest BCUT2D eigenvalue weighted by Crippen LogP contribution is -2.05. The van der Waals surface area contributed by atoms with Crippen molar-refractivity contribution in [2.45, 2.75) is 6.92 Å². The molecule has 0 saturated carbocycles. The number of rotatable bonds is 4. The summed E-state index contributed by atoms with van der Waals surface area (Å²) in [5, 5.41) is 11.2. The van der Waals surface area contributed by atoms with Gasteiger partial charge in [-0.25, -0.2) is 4.52 Å². The summed E-state index contributed by atoms with van der Waals surface area (Å²) in [5.74, 6) is 0.385. The minimum atomic E-state index is -0.104. The second kappa shape index (κ2) is 7.09. The van der Waals surface area contributed by atoms with E-state index in [1.165, 1.54) is 6.92 Å². The number of fused-ring (bicyclic) bond motifs is 1. The zero-order valence-electron chi connectivity index (χ0n) is 14.5. The highest BCUT2D eigenvalue weighted by atomic mass is 35.5. The number of hydrogen-bond donors (Lipinski definition) is 2. The van der Waals surface area contributed by atoms with Gasteiger partial charge in [-0.05, 0) is 48.5 Å². The molecule has 2 N–H and O–H groups in total. The Labute approximate surface area is 160 Å². The van der Waals surface area contributed by atoms with E-state index in [0.717, 1.165) is 28.3 Å². The second-order valence-corrected chi connectivity index (χ2v) is 6.44. The molecule has 134 valence electrons. The fourth-order valence-electron chi connectivity index (χ4n) is 2.77.